The van der Waals surface area contributed by atoms with E-state index in [0.717, 1.165) is 25.2 Å². The highest BCUT2D eigenvalue weighted by Crippen LogP contribution is 2.31. The van der Waals surface area contributed by atoms with Gasteiger partial charge >= 0.3 is 5.97 Å². The highest BCUT2D eigenvalue weighted by Gasteiger charge is 2.40. The van der Waals surface area contributed by atoms with Gasteiger partial charge in [-0.3, -0.25) is 9.69 Å². The van der Waals surface area contributed by atoms with Crippen LogP contribution in [0.4, 0.5) is 0 Å². The number of benzene rings is 1. The molecule has 0 saturated carbocycles. The van der Waals surface area contributed by atoms with Gasteiger partial charge in [-0.05, 0) is 19.1 Å². The molecule has 122 valence electrons. The molecule has 1 N–H and O–H groups in total. The van der Waals surface area contributed by atoms with E-state index in [-0.39, 0.29) is 11.1 Å². The van der Waals surface area contributed by atoms with Crippen molar-refractivity contribution in [2.75, 3.05) is 33.4 Å². The fourth-order valence-corrected chi connectivity index (χ4v) is 3.33. The summed E-state index contributed by atoms with van der Waals surface area (Å²) >= 11 is 0. The largest absolute Gasteiger partial charge is 0.477 e. The molecule has 2 heterocycles. The smallest absolute Gasteiger partial charge is 0.341 e. The number of aromatic nitrogens is 1. The van der Waals surface area contributed by atoms with Gasteiger partial charge in [0.05, 0.1) is 17.7 Å². The van der Waals surface area contributed by atoms with Gasteiger partial charge in [0.1, 0.15) is 5.56 Å². The number of fused-ring (bicyclic) bond motifs is 1. The second kappa shape index (κ2) is 5.79. The minimum atomic E-state index is -1.19. The first-order valence-corrected chi connectivity index (χ1v) is 7.56. The van der Waals surface area contributed by atoms with Crippen LogP contribution in [-0.4, -0.2) is 53.9 Å². The third kappa shape index (κ3) is 2.64. The van der Waals surface area contributed by atoms with Crippen LogP contribution in [-0.2, 0) is 10.3 Å². The van der Waals surface area contributed by atoms with Crippen LogP contribution in [0.25, 0.3) is 10.9 Å². The lowest BCUT2D eigenvalue weighted by molar-refractivity contribution is 0.0102. The van der Waals surface area contributed by atoms with Crippen molar-refractivity contribution in [2.24, 2.45) is 0 Å². The number of likely N-dealkylation sites (tertiary alicyclic amines) is 1. The average Bonchev–Trinajstić information content (AvgIpc) is 2.50. The molecule has 1 aromatic heterocycles. The van der Waals surface area contributed by atoms with Gasteiger partial charge in [-0.25, -0.2) is 4.79 Å². The van der Waals surface area contributed by atoms with Crippen molar-refractivity contribution in [1.29, 1.82) is 0 Å². The Labute approximate surface area is 133 Å². The number of nitrogens with zero attached hydrogens (tertiary/aromatic N) is 2. The molecule has 1 saturated heterocycles. The van der Waals surface area contributed by atoms with Crippen LogP contribution in [0.5, 0.6) is 0 Å². The molecule has 0 atom stereocenters. The van der Waals surface area contributed by atoms with Crippen molar-refractivity contribution in [3.05, 3.63) is 46.2 Å². The van der Waals surface area contributed by atoms with Crippen molar-refractivity contribution in [3.8, 4) is 0 Å². The SMILES string of the molecule is COCCN1CC(C)(n2cc(C(=O)O)c(=O)c3ccccc32)C1. The number of rotatable bonds is 5. The highest BCUT2D eigenvalue weighted by atomic mass is 16.5. The lowest BCUT2D eigenvalue weighted by Gasteiger charge is -2.50. The summed E-state index contributed by atoms with van der Waals surface area (Å²) in [4.78, 5) is 26.0. The first-order valence-electron chi connectivity index (χ1n) is 7.56. The lowest BCUT2D eigenvalue weighted by Crippen LogP contribution is -2.61. The predicted octanol–water partition coefficient (Wildman–Crippen LogP) is 1.38. The van der Waals surface area contributed by atoms with Gasteiger partial charge in [-0.1, -0.05) is 12.1 Å². The molecular formula is C17H20N2O4. The summed E-state index contributed by atoms with van der Waals surface area (Å²) in [6.45, 7) is 5.18. The summed E-state index contributed by atoms with van der Waals surface area (Å²) in [7, 11) is 1.67. The topological polar surface area (TPSA) is 71.8 Å². The van der Waals surface area contributed by atoms with Gasteiger partial charge in [0.25, 0.3) is 0 Å². The Morgan fingerprint density at radius 3 is 2.70 bits per heavy atom. The molecule has 0 radical (unpaired) electrons. The monoisotopic (exact) mass is 316 g/mol. The highest BCUT2D eigenvalue weighted by molar-refractivity contribution is 5.92. The Balaban J connectivity index is 2.06. The zero-order chi connectivity index (χ0) is 16.6. The molecule has 0 spiro atoms. The van der Waals surface area contributed by atoms with Crippen LogP contribution in [0.1, 0.15) is 17.3 Å². The van der Waals surface area contributed by atoms with E-state index in [1.54, 1.807) is 19.2 Å². The van der Waals surface area contributed by atoms with Crippen LogP contribution < -0.4 is 5.43 Å². The summed E-state index contributed by atoms with van der Waals surface area (Å²) in [5.41, 5.74) is -0.0641. The van der Waals surface area contributed by atoms with Crippen molar-refractivity contribution in [3.63, 3.8) is 0 Å². The third-order valence-electron chi connectivity index (χ3n) is 4.46. The first kappa shape index (κ1) is 15.7. The summed E-state index contributed by atoms with van der Waals surface area (Å²) in [5, 5.41) is 9.78. The third-order valence-corrected chi connectivity index (χ3v) is 4.46. The maximum absolute atomic E-state index is 12.3. The normalized spacial score (nSPS) is 17.1. The predicted molar refractivity (Wildman–Crippen MR) is 87.1 cm³/mol. The van der Waals surface area contributed by atoms with E-state index in [4.69, 9.17) is 4.74 Å². The molecule has 2 aromatic rings. The van der Waals surface area contributed by atoms with Crippen molar-refractivity contribution in [2.45, 2.75) is 12.5 Å². The van der Waals surface area contributed by atoms with Crippen molar-refractivity contribution >= 4 is 16.9 Å². The molecule has 0 amide bonds. The quantitative estimate of drug-likeness (QED) is 0.902. The molecule has 1 aromatic carbocycles. The molecule has 0 unspecified atom stereocenters. The van der Waals surface area contributed by atoms with Crippen LogP contribution in [0, 0.1) is 0 Å². The van der Waals surface area contributed by atoms with Crippen LogP contribution >= 0.6 is 0 Å². The second-order valence-electron chi connectivity index (χ2n) is 6.26. The Morgan fingerprint density at radius 1 is 1.35 bits per heavy atom. The number of methoxy groups -OCH3 is 1. The Kier molecular flexibility index (Phi) is 3.95. The van der Waals surface area contributed by atoms with Crippen LogP contribution in [0.2, 0.25) is 0 Å². The Bertz CT molecular complexity index is 806. The lowest BCUT2D eigenvalue weighted by atomic mass is 9.90. The van der Waals surface area contributed by atoms with E-state index in [1.165, 1.54) is 6.20 Å². The number of carbonyl (C=O) groups is 1. The molecule has 1 fully saturated rings. The summed E-state index contributed by atoms with van der Waals surface area (Å²) in [6, 6.07) is 7.17. The van der Waals surface area contributed by atoms with Gasteiger partial charge in [0.15, 0.2) is 0 Å². The van der Waals surface area contributed by atoms with Gasteiger partial charge in [-0.2, -0.15) is 0 Å². The van der Waals surface area contributed by atoms with Gasteiger partial charge in [0, 0.05) is 38.3 Å². The summed E-state index contributed by atoms with van der Waals surface area (Å²) < 4.78 is 7.03. The van der Waals surface area contributed by atoms with Crippen LogP contribution in [0.15, 0.2) is 35.3 Å². The zero-order valence-corrected chi connectivity index (χ0v) is 13.3. The fraction of sp³-hybridized carbons (Fsp3) is 0.412. The maximum Gasteiger partial charge on any atom is 0.341 e. The zero-order valence-electron chi connectivity index (χ0n) is 13.3. The van der Waals surface area contributed by atoms with E-state index >= 15 is 0 Å². The first-order chi connectivity index (χ1) is 11.0. The number of pyridine rings is 1. The fourth-order valence-electron chi connectivity index (χ4n) is 3.33. The minimum absolute atomic E-state index is 0.180. The molecule has 23 heavy (non-hydrogen) atoms. The maximum atomic E-state index is 12.3. The van der Waals surface area contributed by atoms with Crippen molar-refractivity contribution in [1.82, 2.24) is 9.47 Å². The number of aromatic carboxylic acids is 1. The van der Waals surface area contributed by atoms with E-state index in [9.17, 15) is 14.7 Å². The average molecular weight is 316 g/mol. The Hall–Kier alpha value is -2.18. The molecule has 0 bridgehead atoms. The van der Waals surface area contributed by atoms with E-state index in [1.807, 2.05) is 16.7 Å². The van der Waals surface area contributed by atoms with Gasteiger partial charge in [0.2, 0.25) is 5.43 Å². The number of ether oxygens (including phenoxy) is 1. The summed E-state index contributed by atoms with van der Waals surface area (Å²) in [5.74, 6) is -1.19. The van der Waals surface area contributed by atoms with E-state index < -0.39 is 11.4 Å². The molecule has 3 rings (SSSR count). The standard InChI is InChI=1S/C17H20N2O4/c1-17(10-18(11-17)7-8-23-2)19-9-13(16(21)22)15(20)12-5-3-4-6-14(12)19/h3-6,9H,7-8,10-11H2,1-2H3,(H,21,22). The van der Waals surface area contributed by atoms with E-state index in [2.05, 4.69) is 11.8 Å². The number of para-hydroxylation sites is 1. The van der Waals surface area contributed by atoms with Gasteiger partial charge in [-0.15, -0.1) is 0 Å². The number of carboxylic acids is 1. The summed E-state index contributed by atoms with van der Waals surface area (Å²) in [6.07, 6.45) is 1.49. The van der Waals surface area contributed by atoms with Crippen molar-refractivity contribution < 1.29 is 14.6 Å². The molecule has 6 nitrogen and oxygen atoms in total. The number of hydrogen-bond donors (Lipinski definition) is 1. The number of hydrogen-bond acceptors (Lipinski definition) is 4. The minimum Gasteiger partial charge on any atom is -0.477 e. The second-order valence-corrected chi connectivity index (χ2v) is 6.26. The molecular weight excluding hydrogens is 296 g/mol. The van der Waals surface area contributed by atoms with E-state index in [0.29, 0.717) is 12.0 Å². The molecule has 1 aliphatic rings. The number of carboxylic acid groups (broad SMARTS) is 1. The van der Waals surface area contributed by atoms with Gasteiger partial charge < -0.3 is 14.4 Å². The Morgan fingerprint density at radius 2 is 2.04 bits per heavy atom. The molecule has 6 heteroatoms. The molecule has 1 aliphatic heterocycles. The molecule has 0 aliphatic carbocycles. The van der Waals surface area contributed by atoms with Crippen LogP contribution in [0.3, 0.4) is 0 Å².